The van der Waals surface area contributed by atoms with Crippen LogP contribution in [-0.4, -0.2) is 29.9 Å². The molecule has 3 heteroatoms. The van der Waals surface area contributed by atoms with Gasteiger partial charge in [0.2, 0.25) is 5.91 Å². The zero-order valence-corrected chi connectivity index (χ0v) is 8.62. The Hall–Kier alpha value is -0.570. The molecular formula is C10H20N2O. The largest absolute Gasteiger partial charge is 0.341 e. The molecule has 0 radical (unpaired) electrons. The van der Waals surface area contributed by atoms with Crippen LogP contribution in [0.1, 0.15) is 33.1 Å². The first kappa shape index (κ1) is 10.5. The van der Waals surface area contributed by atoms with E-state index in [2.05, 4.69) is 0 Å². The summed E-state index contributed by atoms with van der Waals surface area (Å²) in [6.07, 6.45) is 3.52. The smallest absolute Gasteiger partial charge is 0.239 e. The van der Waals surface area contributed by atoms with E-state index in [0.29, 0.717) is 0 Å². The maximum atomic E-state index is 11.7. The highest BCUT2D eigenvalue weighted by Crippen LogP contribution is 2.11. The van der Waals surface area contributed by atoms with E-state index in [-0.39, 0.29) is 17.9 Å². The van der Waals surface area contributed by atoms with Crippen LogP contribution in [0.25, 0.3) is 0 Å². The van der Waals surface area contributed by atoms with Crippen molar-refractivity contribution in [3.63, 3.8) is 0 Å². The topological polar surface area (TPSA) is 46.3 Å². The number of hydrogen-bond donors (Lipinski definition) is 1. The lowest BCUT2D eigenvalue weighted by molar-refractivity contribution is -0.134. The van der Waals surface area contributed by atoms with E-state index in [9.17, 15) is 4.79 Å². The second kappa shape index (κ2) is 4.61. The van der Waals surface area contributed by atoms with Crippen molar-refractivity contribution in [2.75, 3.05) is 13.1 Å². The van der Waals surface area contributed by atoms with Crippen LogP contribution in [0.5, 0.6) is 0 Å². The maximum absolute atomic E-state index is 11.7. The van der Waals surface area contributed by atoms with Gasteiger partial charge in [-0.05, 0) is 25.2 Å². The van der Waals surface area contributed by atoms with Crippen LogP contribution >= 0.6 is 0 Å². The van der Waals surface area contributed by atoms with Crippen molar-refractivity contribution in [2.24, 2.45) is 11.7 Å². The summed E-state index contributed by atoms with van der Waals surface area (Å²) in [7, 11) is 0. The third kappa shape index (κ3) is 2.69. The molecule has 0 bridgehead atoms. The van der Waals surface area contributed by atoms with Crippen molar-refractivity contribution < 1.29 is 4.79 Å². The SMILES string of the molecule is CC(C)C(N)C(=O)N1CCCCC1. The fourth-order valence-electron chi connectivity index (χ4n) is 1.61. The lowest BCUT2D eigenvalue weighted by Crippen LogP contribution is -2.48. The minimum Gasteiger partial charge on any atom is -0.341 e. The van der Waals surface area contributed by atoms with Crippen LogP contribution in [0.4, 0.5) is 0 Å². The molecule has 1 fully saturated rings. The number of hydrogen-bond acceptors (Lipinski definition) is 2. The highest BCUT2D eigenvalue weighted by molar-refractivity contribution is 5.81. The molecule has 1 aliphatic rings. The van der Waals surface area contributed by atoms with Crippen molar-refractivity contribution in [2.45, 2.75) is 39.2 Å². The third-order valence-electron chi connectivity index (χ3n) is 2.67. The molecular weight excluding hydrogens is 164 g/mol. The Labute approximate surface area is 80.3 Å². The van der Waals surface area contributed by atoms with E-state index >= 15 is 0 Å². The summed E-state index contributed by atoms with van der Waals surface area (Å²) in [6, 6.07) is -0.307. The second-order valence-electron chi connectivity index (χ2n) is 4.16. The molecule has 1 unspecified atom stereocenters. The van der Waals surface area contributed by atoms with Crippen LogP contribution in [0, 0.1) is 5.92 Å². The lowest BCUT2D eigenvalue weighted by Gasteiger charge is -2.30. The zero-order valence-electron chi connectivity index (χ0n) is 8.62. The zero-order chi connectivity index (χ0) is 9.84. The predicted molar refractivity (Wildman–Crippen MR) is 53.2 cm³/mol. The first-order valence-corrected chi connectivity index (χ1v) is 5.17. The first-order chi connectivity index (χ1) is 6.13. The summed E-state index contributed by atoms with van der Waals surface area (Å²) in [6.45, 7) is 5.79. The maximum Gasteiger partial charge on any atom is 0.239 e. The molecule has 1 amide bonds. The molecule has 0 aliphatic carbocycles. The van der Waals surface area contributed by atoms with Crippen molar-refractivity contribution >= 4 is 5.91 Å². The van der Waals surface area contributed by atoms with Crippen molar-refractivity contribution in [3.05, 3.63) is 0 Å². The molecule has 3 nitrogen and oxygen atoms in total. The molecule has 2 N–H and O–H groups in total. The second-order valence-corrected chi connectivity index (χ2v) is 4.16. The van der Waals surface area contributed by atoms with Crippen LogP contribution < -0.4 is 5.73 Å². The van der Waals surface area contributed by atoms with Gasteiger partial charge in [-0.15, -0.1) is 0 Å². The normalized spacial score (nSPS) is 20.5. The Morgan fingerprint density at radius 2 is 1.77 bits per heavy atom. The lowest BCUT2D eigenvalue weighted by atomic mass is 10.0. The Morgan fingerprint density at radius 1 is 1.23 bits per heavy atom. The van der Waals surface area contributed by atoms with Gasteiger partial charge >= 0.3 is 0 Å². The monoisotopic (exact) mass is 184 g/mol. The quantitative estimate of drug-likeness (QED) is 0.695. The van der Waals surface area contributed by atoms with Crippen molar-refractivity contribution in [3.8, 4) is 0 Å². The molecule has 1 atom stereocenters. The predicted octanol–water partition coefficient (Wildman–Crippen LogP) is 0.982. The highest BCUT2D eigenvalue weighted by atomic mass is 16.2. The van der Waals surface area contributed by atoms with E-state index in [1.165, 1.54) is 6.42 Å². The molecule has 76 valence electrons. The molecule has 0 aromatic carbocycles. The van der Waals surface area contributed by atoms with Gasteiger partial charge in [0, 0.05) is 13.1 Å². The number of rotatable bonds is 2. The fraction of sp³-hybridized carbons (Fsp3) is 0.900. The molecule has 1 aliphatic heterocycles. The average molecular weight is 184 g/mol. The first-order valence-electron chi connectivity index (χ1n) is 5.17. The summed E-state index contributed by atoms with van der Waals surface area (Å²) in [5.74, 6) is 0.379. The van der Waals surface area contributed by atoms with Gasteiger partial charge in [0.05, 0.1) is 6.04 Å². The summed E-state index contributed by atoms with van der Waals surface area (Å²) >= 11 is 0. The van der Waals surface area contributed by atoms with Gasteiger partial charge in [-0.25, -0.2) is 0 Å². The van der Waals surface area contributed by atoms with Gasteiger partial charge in [-0.3, -0.25) is 4.79 Å². The minimum absolute atomic E-state index is 0.134. The van der Waals surface area contributed by atoms with Crippen LogP contribution in [-0.2, 0) is 4.79 Å². The van der Waals surface area contributed by atoms with Gasteiger partial charge in [0.25, 0.3) is 0 Å². The number of piperidine rings is 1. The minimum atomic E-state index is -0.307. The number of carbonyl (C=O) groups excluding carboxylic acids is 1. The number of nitrogens with zero attached hydrogens (tertiary/aromatic N) is 1. The number of amides is 1. The van der Waals surface area contributed by atoms with Crippen LogP contribution in [0.2, 0.25) is 0 Å². The fourth-order valence-corrected chi connectivity index (χ4v) is 1.61. The highest BCUT2D eigenvalue weighted by Gasteiger charge is 2.24. The van der Waals surface area contributed by atoms with Gasteiger partial charge in [0.15, 0.2) is 0 Å². The Morgan fingerprint density at radius 3 is 2.23 bits per heavy atom. The van der Waals surface area contributed by atoms with E-state index in [1.807, 2.05) is 18.7 Å². The summed E-state index contributed by atoms with van der Waals surface area (Å²) < 4.78 is 0. The van der Waals surface area contributed by atoms with Gasteiger partial charge in [0.1, 0.15) is 0 Å². The molecule has 0 aromatic rings. The average Bonchev–Trinajstić information content (AvgIpc) is 2.17. The summed E-state index contributed by atoms with van der Waals surface area (Å²) in [5, 5.41) is 0. The molecule has 1 saturated heterocycles. The van der Waals surface area contributed by atoms with Gasteiger partial charge in [-0.2, -0.15) is 0 Å². The molecule has 1 rings (SSSR count). The van der Waals surface area contributed by atoms with E-state index in [1.54, 1.807) is 0 Å². The molecule has 1 heterocycles. The van der Waals surface area contributed by atoms with E-state index in [0.717, 1.165) is 25.9 Å². The molecule has 0 aromatic heterocycles. The third-order valence-corrected chi connectivity index (χ3v) is 2.67. The van der Waals surface area contributed by atoms with Crippen molar-refractivity contribution in [1.82, 2.24) is 4.90 Å². The van der Waals surface area contributed by atoms with E-state index in [4.69, 9.17) is 5.73 Å². The standard InChI is InChI=1S/C10H20N2O/c1-8(2)9(11)10(13)12-6-4-3-5-7-12/h8-9H,3-7,11H2,1-2H3. The van der Waals surface area contributed by atoms with Crippen LogP contribution in [0.3, 0.4) is 0 Å². The Bertz CT molecular complexity index is 174. The molecule has 13 heavy (non-hydrogen) atoms. The van der Waals surface area contributed by atoms with Gasteiger partial charge < -0.3 is 10.6 Å². The number of nitrogens with two attached hydrogens (primary N) is 1. The van der Waals surface area contributed by atoms with E-state index < -0.39 is 0 Å². The Kier molecular flexibility index (Phi) is 3.72. The van der Waals surface area contributed by atoms with Crippen LogP contribution in [0.15, 0.2) is 0 Å². The number of likely N-dealkylation sites (tertiary alicyclic amines) is 1. The Balaban J connectivity index is 2.45. The summed E-state index contributed by atoms with van der Waals surface area (Å²) in [5.41, 5.74) is 5.80. The molecule has 0 saturated carbocycles. The van der Waals surface area contributed by atoms with Crippen molar-refractivity contribution in [1.29, 1.82) is 0 Å². The van der Waals surface area contributed by atoms with Gasteiger partial charge in [-0.1, -0.05) is 13.8 Å². The summed E-state index contributed by atoms with van der Waals surface area (Å²) in [4.78, 5) is 13.7. The number of carbonyl (C=O) groups is 1. The molecule has 0 spiro atoms.